The molecule has 0 radical (unpaired) electrons. The number of benzene rings is 2. The van der Waals surface area contributed by atoms with Crippen LogP contribution in [-0.2, 0) is 0 Å². The number of hydrogen-bond acceptors (Lipinski definition) is 4. The van der Waals surface area contributed by atoms with Gasteiger partial charge >= 0.3 is 0 Å². The summed E-state index contributed by atoms with van der Waals surface area (Å²) in [7, 11) is 0. The van der Waals surface area contributed by atoms with E-state index in [1.54, 1.807) is 24.5 Å². The molecule has 0 aliphatic carbocycles. The average Bonchev–Trinajstić information content (AvgIpc) is 2.65. The molecular weight excluding hydrogens is 329 g/mol. The molecule has 1 heterocycles. The van der Waals surface area contributed by atoms with E-state index in [4.69, 9.17) is 0 Å². The monoisotopic (exact) mass is 351 g/mol. The van der Waals surface area contributed by atoms with E-state index in [0.717, 1.165) is 34.4 Å². The fourth-order valence-electron chi connectivity index (χ4n) is 2.97. The van der Waals surface area contributed by atoms with Gasteiger partial charge in [-0.05, 0) is 61.2 Å². The van der Waals surface area contributed by atoms with Gasteiger partial charge in [-0.3, -0.25) is 4.98 Å². The molecule has 1 unspecified atom stereocenters. The highest BCUT2D eigenvalue weighted by molar-refractivity contribution is 5.64. The largest absolute Gasteiger partial charge is 0.507 e. The number of anilines is 1. The molecule has 0 saturated carbocycles. The highest BCUT2D eigenvalue weighted by atomic mass is 19.1. The van der Waals surface area contributed by atoms with Crippen LogP contribution in [0.5, 0.6) is 5.75 Å². The molecule has 2 N–H and O–H groups in total. The molecule has 0 spiro atoms. The maximum atomic E-state index is 13.2. The van der Waals surface area contributed by atoms with E-state index in [1.807, 2.05) is 26.0 Å². The van der Waals surface area contributed by atoms with Gasteiger partial charge in [-0.1, -0.05) is 19.1 Å². The first kappa shape index (κ1) is 17.9. The Morgan fingerprint density at radius 2 is 1.73 bits per heavy atom. The molecule has 0 aliphatic heterocycles. The molecule has 134 valence electrons. The van der Waals surface area contributed by atoms with Crippen molar-refractivity contribution >= 4 is 5.82 Å². The minimum absolute atomic E-state index is 0.0171. The van der Waals surface area contributed by atoms with Crippen LogP contribution >= 0.6 is 0 Å². The topological polar surface area (TPSA) is 58.0 Å². The fraction of sp³-hybridized carbons (Fsp3) is 0.238. The number of hydrogen-bond donors (Lipinski definition) is 2. The van der Waals surface area contributed by atoms with Gasteiger partial charge in [-0.25, -0.2) is 9.37 Å². The summed E-state index contributed by atoms with van der Waals surface area (Å²) in [4.78, 5) is 8.95. The number of nitrogens with one attached hydrogen (secondary N) is 1. The van der Waals surface area contributed by atoms with E-state index in [-0.39, 0.29) is 11.9 Å². The highest BCUT2D eigenvalue weighted by Gasteiger charge is 2.12. The van der Waals surface area contributed by atoms with Gasteiger partial charge in [0, 0.05) is 5.56 Å². The summed E-state index contributed by atoms with van der Waals surface area (Å²) in [5.74, 6) is 0.712. The quantitative estimate of drug-likeness (QED) is 0.666. The molecule has 0 amide bonds. The minimum Gasteiger partial charge on any atom is -0.507 e. The van der Waals surface area contributed by atoms with Crippen LogP contribution < -0.4 is 5.32 Å². The van der Waals surface area contributed by atoms with Crippen molar-refractivity contribution in [3.8, 4) is 17.0 Å². The van der Waals surface area contributed by atoms with Crippen LogP contribution in [0.25, 0.3) is 11.3 Å². The van der Waals surface area contributed by atoms with Crippen molar-refractivity contribution < 1.29 is 9.50 Å². The van der Waals surface area contributed by atoms with E-state index in [2.05, 4.69) is 22.2 Å². The van der Waals surface area contributed by atoms with Crippen LogP contribution in [0.15, 0.2) is 48.8 Å². The predicted octanol–water partition coefficient (Wildman–Crippen LogP) is 5.17. The van der Waals surface area contributed by atoms with Crippen LogP contribution in [0.1, 0.15) is 36.1 Å². The smallest absolute Gasteiger partial charge is 0.145 e. The molecule has 26 heavy (non-hydrogen) atoms. The second-order valence-electron chi connectivity index (χ2n) is 6.40. The van der Waals surface area contributed by atoms with Crippen molar-refractivity contribution in [2.45, 2.75) is 33.2 Å². The van der Waals surface area contributed by atoms with Crippen molar-refractivity contribution in [2.24, 2.45) is 0 Å². The first-order valence-electron chi connectivity index (χ1n) is 8.62. The first-order valence-corrected chi connectivity index (χ1v) is 8.62. The number of aryl methyl sites for hydroxylation is 2. The van der Waals surface area contributed by atoms with Crippen LogP contribution in [0.3, 0.4) is 0 Å². The van der Waals surface area contributed by atoms with E-state index >= 15 is 0 Å². The molecule has 1 aromatic heterocycles. The number of aromatic nitrogens is 2. The Morgan fingerprint density at radius 1 is 1.08 bits per heavy atom. The Bertz CT molecular complexity index is 886. The normalized spacial score (nSPS) is 12.0. The lowest BCUT2D eigenvalue weighted by molar-refractivity contribution is 0.467. The number of phenols is 1. The van der Waals surface area contributed by atoms with Crippen molar-refractivity contribution in [3.05, 3.63) is 71.3 Å². The third-order valence-electron chi connectivity index (χ3n) is 4.42. The number of phenolic OH excluding ortho intramolecular Hbond substituents is 1. The predicted molar refractivity (Wildman–Crippen MR) is 102 cm³/mol. The lowest BCUT2D eigenvalue weighted by atomic mass is 10.0. The average molecular weight is 351 g/mol. The van der Waals surface area contributed by atoms with Crippen LogP contribution in [0.2, 0.25) is 0 Å². The molecular formula is C21H22FN3O. The molecule has 4 nitrogen and oxygen atoms in total. The molecule has 0 fully saturated rings. The third-order valence-corrected chi connectivity index (χ3v) is 4.42. The second-order valence-corrected chi connectivity index (χ2v) is 6.40. The van der Waals surface area contributed by atoms with Crippen LogP contribution in [0.4, 0.5) is 10.2 Å². The minimum atomic E-state index is -0.247. The lowest BCUT2D eigenvalue weighted by Gasteiger charge is -2.18. The van der Waals surface area contributed by atoms with Gasteiger partial charge in [-0.2, -0.15) is 0 Å². The highest BCUT2D eigenvalue weighted by Crippen LogP contribution is 2.29. The van der Waals surface area contributed by atoms with Crippen LogP contribution in [-0.4, -0.2) is 15.1 Å². The zero-order chi connectivity index (χ0) is 18.7. The number of aromatic hydroxyl groups is 1. The molecule has 0 bridgehead atoms. The summed E-state index contributed by atoms with van der Waals surface area (Å²) in [6.45, 7) is 5.79. The van der Waals surface area contributed by atoms with E-state index in [0.29, 0.717) is 11.6 Å². The van der Waals surface area contributed by atoms with E-state index in [1.165, 1.54) is 12.1 Å². The van der Waals surface area contributed by atoms with Crippen molar-refractivity contribution in [1.29, 1.82) is 0 Å². The summed E-state index contributed by atoms with van der Waals surface area (Å²) in [6.07, 6.45) is 4.21. The van der Waals surface area contributed by atoms with Crippen molar-refractivity contribution in [1.82, 2.24) is 9.97 Å². The molecule has 5 heteroatoms. The van der Waals surface area contributed by atoms with Gasteiger partial charge in [0.25, 0.3) is 0 Å². The molecule has 0 saturated heterocycles. The summed E-state index contributed by atoms with van der Waals surface area (Å²) >= 11 is 0. The maximum absolute atomic E-state index is 13.2. The molecule has 1 atom stereocenters. The number of rotatable bonds is 5. The van der Waals surface area contributed by atoms with Gasteiger partial charge in [0.15, 0.2) is 0 Å². The first-order chi connectivity index (χ1) is 12.5. The Labute approximate surface area is 152 Å². The fourth-order valence-corrected chi connectivity index (χ4v) is 2.97. The van der Waals surface area contributed by atoms with Gasteiger partial charge in [0.1, 0.15) is 17.4 Å². The Morgan fingerprint density at radius 3 is 2.35 bits per heavy atom. The summed E-state index contributed by atoms with van der Waals surface area (Å²) < 4.78 is 13.2. The van der Waals surface area contributed by atoms with Crippen molar-refractivity contribution in [2.75, 3.05) is 5.32 Å². The summed E-state index contributed by atoms with van der Waals surface area (Å²) in [5.41, 5.74) is 4.24. The third kappa shape index (κ3) is 3.82. The zero-order valence-electron chi connectivity index (χ0n) is 15.1. The summed E-state index contributed by atoms with van der Waals surface area (Å²) in [5, 5.41) is 13.3. The summed E-state index contributed by atoms with van der Waals surface area (Å²) in [6, 6.07) is 10.3. The Kier molecular flexibility index (Phi) is 5.16. The van der Waals surface area contributed by atoms with E-state index in [9.17, 15) is 9.50 Å². The van der Waals surface area contributed by atoms with Gasteiger partial charge < -0.3 is 10.4 Å². The van der Waals surface area contributed by atoms with Gasteiger partial charge in [0.05, 0.1) is 24.1 Å². The van der Waals surface area contributed by atoms with Gasteiger partial charge in [0.2, 0.25) is 0 Å². The number of nitrogens with zero attached hydrogens (tertiary/aromatic N) is 2. The second kappa shape index (κ2) is 7.52. The standard InChI is InChI=1S/C21H22FN3O/c1-4-18(15-5-7-17(22)8-6-15)24-20-12-23-11-19(25-20)16-9-13(2)21(26)14(3)10-16/h5-12,18,26H,4H2,1-3H3,(H,24,25). The Hall–Kier alpha value is -2.95. The molecule has 2 aromatic carbocycles. The molecule has 3 aromatic rings. The lowest BCUT2D eigenvalue weighted by Crippen LogP contribution is -2.11. The molecule has 3 rings (SSSR count). The SMILES string of the molecule is CCC(Nc1cncc(-c2cc(C)c(O)c(C)c2)n1)c1ccc(F)cc1. The van der Waals surface area contributed by atoms with Crippen molar-refractivity contribution in [3.63, 3.8) is 0 Å². The van der Waals surface area contributed by atoms with E-state index < -0.39 is 0 Å². The zero-order valence-corrected chi connectivity index (χ0v) is 15.1. The van der Waals surface area contributed by atoms with Gasteiger partial charge in [-0.15, -0.1) is 0 Å². The maximum Gasteiger partial charge on any atom is 0.145 e. The Balaban J connectivity index is 1.88. The number of halogens is 1. The van der Waals surface area contributed by atoms with Crippen LogP contribution in [0, 0.1) is 19.7 Å². The molecule has 0 aliphatic rings.